The minimum Gasteiger partial charge on any atom is -0.477 e. The Hall–Kier alpha value is -3.53. The molecule has 1 N–H and O–H groups in total. The van der Waals surface area contributed by atoms with E-state index in [0.717, 1.165) is 83.5 Å². The maximum absolute atomic E-state index is 13.0. The van der Waals surface area contributed by atoms with Crippen LogP contribution in [0.5, 0.6) is 0 Å². The number of carboxylic acids is 1. The molecule has 0 aliphatic carbocycles. The van der Waals surface area contributed by atoms with Crippen LogP contribution in [0.2, 0.25) is 0 Å². The SMILES string of the molecule is CC/C=C\C/C=C\C/C=C\C/C=C\C/C=C\C/C=C\CCCCCCCCCCCCCCC(=O)OC(COC(=O)CCCCCCCCCCCCCCCCCCC/C=C\CCCCCCCCCC)COC(OCC[N+](C)(C)C)C(=O)O. The van der Waals surface area contributed by atoms with Gasteiger partial charge in [0.05, 0.1) is 34.4 Å². The average molecular weight is 1190 g/mol. The second kappa shape index (κ2) is 66.4. The molecule has 2 unspecified atom stereocenters. The van der Waals surface area contributed by atoms with Crippen LogP contribution < -0.4 is 0 Å². The number of rotatable bonds is 66. The van der Waals surface area contributed by atoms with E-state index in [9.17, 15) is 19.5 Å². The van der Waals surface area contributed by atoms with Gasteiger partial charge in [-0.3, -0.25) is 9.59 Å². The average Bonchev–Trinajstić information content (AvgIpc) is 3.49. The molecule has 0 aromatic rings. The normalized spacial score (nSPS) is 13.2. The summed E-state index contributed by atoms with van der Waals surface area (Å²) in [5.74, 6) is -1.99. The number of esters is 2. The van der Waals surface area contributed by atoms with E-state index in [4.69, 9.17) is 18.9 Å². The third kappa shape index (κ3) is 67.8. The Morgan fingerprint density at radius 1 is 0.365 bits per heavy atom. The number of allylic oxidation sites excluding steroid dienone is 14. The standard InChI is InChI=1S/C76H135NO8/c1-6-8-10-12-14-16-18-20-22-24-26-28-30-32-34-36-37-39-41-43-45-47-49-51-53-55-57-59-61-63-65-67-74(79)85-72(71-84-76(75(80)81)82-69-68-77(3,4)5)70-83-73(78)66-64-62-60-58-56-54-52-50-48-46-44-42-40-38-35-33-31-29-27-25-23-21-19-17-15-13-11-9-7-2/h8,10,14,16,20,22,25-28,32,34,37,39,72,76H,6-7,9,11-13,15,17-19,21,23-24,29-31,33,35-36,38,40-71H2,1-5H3/p+1/b10-8-,16-14-,22-20-,27-25-,28-26-,34-32-,39-37-. The number of hydrogen-bond acceptors (Lipinski definition) is 7. The summed E-state index contributed by atoms with van der Waals surface area (Å²) in [5, 5.41) is 9.75. The number of carbonyl (C=O) groups excluding carboxylic acids is 2. The van der Waals surface area contributed by atoms with Crippen LogP contribution in [-0.2, 0) is 33.3 Å². The highest BCUT2D eigenvalue weighted by Crippen LogP contribution is 2.18. The van der Waals surface area contributed by atoms with Gasteiger partial charge in [-0.05, 0) is 89.9 Å². The third-order valence-corrected chi connectivity index (χ3v) is 15.6. The molecule has 0 aliphatic rings. The maximum Gasteiger partial charge on any atom is 0.361 e. The summed E-state index contributed by atoms with van der Waals surface area (Å²) in [4.78, 5) is 37.6. The molecule has 9 nitrogen and oxygen atoms in total. The first-order valence-electron chi connectivity index (χ1n) is 35.8. The molecule has 0 spiro atoms. The number of aliphatic carboxylic acids is 1. The van der Waals surface area contributed by atoms with Gasteiger partial charge in [-0.25, -0.2) is 4.79 Å². The fourth-order valence-corrected chi connectivity index (χ4v) is 10.2. The van der Waals surface area contributed by atoms with E-state index in [1.165, 1.54) is 212 Å². The van der Waals surface area contributed by atoms with Crippen LogP contribution in [0.3, 0.4) is 0 Å². The molecule has 9 heteroatoms. The van der Waals surface area contributed by atoms with Crippen molar-refractivity contribution in [3.63, 3.8) is 0 Å². The number of likely N-dealkylation sites (N-methyl/N-ethyl adjacent to an activating group) is 1. The Balaban J connectivity index is 4.11. The van der Waals surface area contributed by atoms with Crippen molar-refractivity contribution < 1.29 is 42.9 Å². The monoisotopic (exact) mass is 1190 g/mol. The summed E-state index contributed by atoms with van der Waals surface area (Å²) in [6, 6.07) is 0. The summed E-state index contributed by atoms with van der Waals surface area (Å²) >= 11 is 0. The Morgan fingerprint density at radius 2 is 0.671 bits per heavy atom. The van der Waals surface area contributed by atoms with E-state index in [2.05, 4.69) is 98.9 Å². The van der Waals surface area contributed by atoms with Gasteiger partial charge in [-0.1, -0.05) is 304 Å². The lowest BCUT2D eigenvalue weighted by molar-refractivity contribution is -0.870. The lowest BCUT2D eigenvalue weighted by Gasteiger charge is -2.25. The van der Waals surface area contributed by atoms with E-state index >= 15 is 0 Å². The van der Waals surface area contributed by atoms with Crippen molar-refractivity contribution in [2.75, 3.05) is 47.5 Å². The van der Waals surface area contributed by atoms with Crippen LogP contribution in [0.1, 0.15) is 322 Å². The van der Waals surface area contributed by atoms with E-state index in [1.807, 2.05) is 21.1 Å². The van der Waals surface area contributed by atoms with E-state index in [-0.39, 0.29) is 32.2 Å². The number of carbonyl (C=O) groups is 3. The van der Waals surface area contributed by atoms with Crippen molar-refractivity contribution in [3.05, 3.63) is 85.1 Å². The highest BCUT2D eigenvalue weighted by Gasteiger charge is 2.25. The molecule has 85 heavy (non-hydrogen) atoms. The maximum atomic E-state index is 13.0. The first-order chi connectivity index (χ1) is 41.6. The first-order valence-corrected chi connectivity index (χ1v) is 35.8. The van der Waals surface area contributed by atoms with Gasteiger partial charge < -0.3 is 28.5 Å². The van der Waals surface area contributed by atoms with Gasteiger partial charge in [0.2, 0.25) is 0 Å². The largest absolute Gasteiger partial charge is 0.477 e. The van der Waals surface area contributed by atoms with Gasteiger partial charge in [0.1, 0.15) is 13.2 Å². The van der Waals surface area contributed by atoms with Crippen molar-refractivity contribution in [3.8, 4) is 0 Å². The van der Waals surface area contributed by atoms with Crippen LogP contribution in [0.15, 0.2) is 85.1 Å². The summed E-state index contributed by atoms with van der Waals surface area (Å²) in [6.07, 6.45) is 87.0. The quantitative estimate of drug-likeness (QED) is 0.0211. The molecular formula is C76H136NO8+. The number of hydrogen-bond donors (Lipinski definition) is 1. The van der Waals surface area contributed by atoms with E-state index < -0.39 is 24.3 Å². The smallest absolute Gasteiger partial charge is 0.361 e. The molecule has 0 amide bonds. The fourth-order valence-electron chi connectivity index (χ4n) is 10.2. The second-order valence-corrected chi connectivity index (χ2v) is 25.2. The molecule has 0 fully saturated rings. The highest BCUT2D eigenvalue weighted by molar-refractivity contribution is 5.71. The van der Waals surface area contributed by atoms with E-state index in [1.54, 1.807) is 0 Å². The van der Waals surface area contributed by atoms with Crippen molar-refractivity contribution in [1.82, 2.24) is 0 Å². The molecule has 0 aliphatic heterocycles. The summed E-state index contributed by atoms with van der Waals surface area (Å²) in [6.45, 7) is 4.80. The van der Waals surface area contributed by atoms with Crippen molar-refractivity contribution in [2.24, 2.45) is 0 Å². The van der Waals surface area contributed by atoms with Gasteiger partial charge in [-0.2, -0.15) is 0 Å². The van der Waals surface area contributed by atoms with Crippen LogP contribution in [0.25, 0.3) is 0 Å². The molecule has 492 valence electrons. The third-order valence-electron chi connectivity index (χ3n) is 15.6. The highest BCUT2D eigenvalue weighted by atomic mass is 16.7. The van der Waals surface area contributed by atoms with Crippen molar-refractivity contribution >= 4 is 17.9 Å². The Kier molecular flexibility index (Phi) is 63.7. The molecule has 0 aromatic carbocycles. The lowest BCUT2D eigenvalue weighted by Crippen LogP contribution is -2.40. The summed E-state index contributed by atoms with van der Waals surface area (Å²) in [7, 11) is 5.98. The van der Waals surface area contributed by atoms with Crippen molar-refractivity contribution in [1.29, 1.82) is 0 Å². The van der Waals surface area contributed by atoms with Crippen LogP contribution in [-0.4, -0.2) is 87.4 Å². The molecule has 0 saturated heterocycles. The van der Waals surface area contributed by atoms with Gasteiger partial charge in [0.15, 0.2) is 6.10 Å². The van der Waals surface area contributed by atoms with E-state index in [0.29, 0.717) is 17.4 Å². The molecule has 0 radical (unpaired) electrons. The lowest BCUT2D eigenvalue weighted by atomic mass is 10.0. The predicted octanol–water partition coefficient (Wildman–Crippen LogP) is 22.2. The van der Waals surface area contributed by atoms with Crippen LogP contribution in [0, 0.1) is 0 Å². The minimum absolute atomic E-state index is 0.183. The zero-order valence-corrected chi connectivity index (χ0v) is 56.3. The zero-order chi connectivity index (χ0) is 61.9. The topological polar surface area (TPSA) is 108 Å². The van der Waals surface area contributed by atoms with Crippen LogP contribution in [0.4, 0.5) is 0 Å². The Labute approximate surface area is 525 Å². The Bertz CT molecular complexity index is 1670. The number of carboxylic acid groups (broad SMARTS) is 1. The van der Waals surface area contributed by atoms with Gasteiger partial charge >= 0.3 is 17.9 Å². The van der Waals surface area contributed by atoms with Gasteiger partial charge in [-0.15, -0.1) is 0 Å². The Morgan fingerprint density at radius 3 is 1.01 bits per heavy atom. The number of nitrogens with zero attached hydrogens (tertiary/aromatic N) is 1. The first kappa shape index (κ1) is 81.5. The van der Waals surface area contributed by atoms with Gasteiger partial charge in [0.25, 0.3) is 6.29 Å². The molecule has 0 rings (SSSR count). The molecule has 0 heterocycles. The zero-order valence-electron chi connectivity index (χ0n) is 56.3. The molecule has 0 aromatic heterocycles. The van der Waals surface area contributed by atoms with Crippen molar-refractivity contribution in [2.45, 2.75) is 334 Å². The number of ether oxygens (including phenoxy) is 4. The second-order valence-electron chi connectivity index (χ2n) is 25.2. The molecule has 2 atom stereocenters. The minimum atomic E-state index is -1.51. The molecule has 0 bridgehead atoms. The van der Waals surface area contributed by atoms with Crippen LogP contribution >= 0.6 is 0 Å². The summed E-state index contributed by atoms with van der Waals surface area (Å²) in [5.41, 5.74) is 0. The predicted molar refractivity (Wildman–Crippen MR) is 364 cm³/mol. The van der Waals surface area contributed by atoms with Gasteiger partial charge in [0, 0.05) is 12.8 Å². The molecule has 0 saturated carbocycles. The fraction of sp³-hybridized carbons (Fsp3) is 0.776. The molecular weight excluding hydrogens is 1050 g/mol. The number of unbranched alkanes of at least 4 members (excludes halogenated alkanes) is 37. The summed E-state index contributed by atoms with van der Waals surface area (Å²) < 4.78 is 23.0. The number of quaternary nitrogens is 1.